The van der Waals surface area contributed by atoms with E-state index in [-0.39, 0.29) is 76.1 Å². The molecule has 80 heavy (non-hydrogen) atoms. The van der Waals surface area contributed by atoms with E-state index >= 15 is 9.59 Å². The number of hydrogen-bond donors (Lipinski definition) is 2. The Bertz CT molecular complexity index is 2050. The van der Waals surface area contributed by atoms with E-state index in [9.17, 15) is 10.2 Å². The van der Waals surface area contributed by atoms with Gasteiger partial charge in [0.05, 0.1) is 36.6 Å². The first-order chi connectivity index (χ1) is 37.2. The van der Waals surface area contributed by atoms with Crippen LogP contribution in [0, 0.1) is 29.6 Å². The van der Waals surface area contributed by atoms with Gasteiger partial charge in [0, 0.05) is 46.2 Å². The smallest absolute Gasteiger partial charge is 0.334 e. The zero-order valence-corrected chi connectivity index (χ0v) is 57.2. The van der Waals surface area contributed by atoms with Gasteiger partial charge in [-0.1, -0.05) is 122 Å². The van der Waals surface area contributed by atoms with Crippen LogP contribution in [0.5, 0.6) is 0 Å². The molecule has 0 aromatic carbocycles. The Hall–Kier alpha value is -1.37. The summed E-state index contributed by atoms with van der Waals surface area (Å²) in [6.45, 7) is 42.0. The van der Waals surface area contributed by atoms with Gasteiger partial charge in [0.15, 0.2) is 14.4 Å². The number of carbonyl (C=O) groups is 2. The average Bonchev–Trinajstić information content (AvgIpc) is 3.38. The second kappa shape index (κ2) is 28.4. The topological polar surface area (TPSA) is 170 Å². The second-order valence-electron chi connectivity index (χ2n) is 28.0. The van der Waals surface area contributed by atoms with E-state index in [0.717, 1.165) is 37.7 Å². The highest BCUT2D eigenvalue weighted by molar-refractivity contribution is 6.84. The van der Waals surface area contributed by atoms with Crippen LogP contribution in [0.4, 0.5) is 0 Å². The number of aliphatic hydroxyl groups excluding tert-OH is 1. The molecule has 1 aliphatic carbocycles. The predicted molar refractivity (Wildman–Crippen MR) is 323 cm³/mol. The fourth-order valence-electron chi connectivity index (χ4n) is 14.0. The minimum absolute atomic E-state index is 0.00858. The van der Waals surface area contributed by atoms with Gasteiger partial charge in [0.25, 0.3) is 5.91 Å². The Morgan fingerprint density at radius 2 is 1.36 bits per heavy atom. The number of piperidine rings is 1. The first-order valence-electron chi connectivity index (χ1n) is 31.0. The molecule has 3 saturated heterocycles. The van der Waals surface area contributed by atoms with Crippen molar-refractivity contribution in [2.24, 2.45) is 29.6 Å². The number of aliphatic hydroxyl groups is 2. The summed E-state index contributed by atoms with van der Waals surface area (Å²) in [7, 11) is -1.89. The third kappa shape index (κ3) is 15.1. The van der Waals surface area contributed by atoms with Crippen molar-refractivity contribution in [1.82, 2.24) is 4.90 Å². The van der Waals surface area contributed by atoms with E-state index in [0.29, 0.717) is 25.7 Å². The van der Waals surface area contributed by atoms with Crippen molar-refractivity contribution in [2.45, 2.75) is 302 Å². The first-order valence-corrected chi connectivity index (χ1v) is 37.9. The summed E-state index contributed by atoms with van der Waals surface area (Å²) >= 11 is 0. The summed E-state index contributed by atoms with van der Waals surface area (Å²) < 4.78 is 69.1. The molecule has 4 fully saturated rings. The lowest BCUT2D eigenvalue weighted by Crippen LogP contribution is -2.67. The van der Waals surface area contributed by atoms with E-state index in [4.69, 9.17) is 45.8 Å². The molecule has 464 valence electrons. The van der Waals surface area contributed by atoms with Gasteiger partial charge in [-0.3, -0.25) is 4.79 Å². The summed E-state index contributed by atoms with van der Waals surface area (Å²) in [6.07, 6.45) is 4.59. The molecule has 2 N–H and O–H groups in total. The van der Waals surface area contributed by atoms with Crippen molar-refractivity contribution in [3.8, 4) is 0 Å². The molecule has 5 rings (SSSR count). The van der Waals surface area contributed by atoms with Crippen LogP contribution in [-0.2, 0) is 55.4 Å². The maximum Gasteiger partial charge on any atom is 0.334 e. The van der Waals surface area contributed by atoms with Crippen LogP contribution in [0.3, 0.4) is 0 Å². The van der Waals surface area contributed by atoms with Gasteiger partial charge in [-0.2, -0.15) is 0 Å². The maximum atomic E-state index is 15.6. The van der Waals surface area contributed by atoms with Crippen LogP contribution in [0.1, 0.15) is 188 Å². The molecule has 0 radical (unpaired) electrons. The summed E-state index contributed by atoms with van der Waals surface area (Å²) in [6, 6.07) is -1.16. The number of cyclic esters (lactones) is 1. The van der Waals surface area contributed by atoms with Crippen LogP contribution in [0.25, 0.3) is 0 Å². The summed E-state index contributed by atoms with van der Waals surface area (Å²) in [5.74, 6) is -4.87. The number of rotatable bonds is 13. The van der Waals surface area contributed by atoms with E-state index < -0.39 is 104 Å². The van der Waals surface area contributed by atoms with Gasteiger partial charge in [0.1, 0.15) is 24.5 Å². The number of carbonyl (C=O) groups excluding carboxylic acids is 2. The summed E-state index contributed by atoms with van der Waals surface area (Å²) in [5, 5.41) is 25.1. The molecule has 4 bridgehead atoms. The highest BCUT2D eigenvalue weighted by atomic mass is 28.5. The van der Waals surface area contributed by atoms with E-state index in [1.165, 1.54) is 17.6 Å². The minimum atomic E-state index is -3.21. The molecule has 5 aliphatic rings. The Labute approximate surface area is 488 Å². The van der Waals surface area contributed by atoms with Gasteiger partial charge in [-0.05, 0) is 142 Å². The molecule has 4 aliphatic heterocycles. The standard InChI is InChI=1S/C62H115NO14Si3/c1-24-47-31-41(10)30-42(11)32-53(69-19)57-54(70-20)34-44(13)62(67,73-57)58(64)59(65)63-48(26-25-27-55(63)71-21)60(66)72-56(43(12)33-46-28-29-49(52(35-46)68-18)74-78(22,23)61(15,16)17)45(14)50-36-51(47)76-80(39(6)7,40(8)9)77-79(75-50,37(2)3)38(4)5/h31,33,37-40,42,44-58,64,67H,24-30,32,34-36H2,1-23H3/b41-31+,43-33+/t42-,44-,45-,46+,47+,48+,49-,50+,51+,52-,53-,54+,55+,56-,57-,58?,62-/m1/s1. The number of allylic oxidation sites excluding steroid dienone is 2. The van der Waals surface area contributed by atoms with E-state index in [2.05, 4.69) is 136 Å². The molecular weight excluding hydrogens is 1070 g/mol. The number of hydrogen-bond acceptors (Lipinski definition) is 14. The van der Waals surface area contributed by atoms with Crippen molar-refractivity contribution in [2.75, 3.05) is 28.4 Å². The number of methoxy groups -OCH3 is 4. The first kappa shape index (κ1) is 69.4. The van der Waals surface area contributed by atoms with E-state index in [1.807, 2.05) is 0 Å². The molecule has 17 atom stereocenters. The van der Waals surface area contributed by atoms with Gasteiger partial charge >= 0.3 is 23.1 Å². The Morgan fingerprint density at radius 1 is 0.800 bits per heavy atom. The lowest BCUT2D eigenvalue weighted by Gasteiger charge is -2.54. The molecule has 4 heterocycles. The largest absolute Gasteiger partial charge is 0.456 e. The molecule has 1 unspecified atom stereocenters. The van der Waals surface area contributed by atoms with Gasteiger partial charge in [-0.15, -0.1) is 0 Å². The highest BCUT2D eigenvalue weighted by Gasteiger charge is 2.61. The maximum absolute atomic E-state index is 15.6. The summed E-state index contributed by atoms with van der Waals surface area (Å²) in [4.78, 5) is 32.2. The van der Waals surface area contributed by atoms with Crippen molar-refractivity contribution in [1.29, 1.82) is 0 Å². The normalized spacial score (nSPS) is 38.5. The zero-order chi connectivity index (χ0) is 60.2. The van der Waals surface area contributed by atoms with Crippen LogP contribution < -0.4 is 0 Å². The third-order valence-corrected chi connectivity index (χ3v) is 34.8. The molecule has 1 saturated carbocycles. The number of amides is 1. The number of ether oxygens (including phenoxy) is 6. The Morgan fingerprint density at radius 3 is 1.89 bits per heavy atom. The van der Waals surface area contributed by atoms with Gasteiger partial charge in [0.2, 0.25) is 5.79 Å². The molecule has 0 aromatic heterocycles. The van der Waals surface area contributed by atoms with E-state index in [1.54, 1.807) is 28.3 Å². The summed E-state index contributed by atoms with van der Waals surface area (Å²) in [5.41, 5.74) is 2.44. The minimum Gasteiger partial charge on any atom is -0.456 e. The van der Waals surface area contributed by atoms with Gasteiger partial charge < -0.3 is 60.9 Å². The predicted octanol–water partition coefficient (Wildman–Crippen LogP) is 12.7. The fourth-order valence-corrected chi connectivity index (χ4v) is 26.8. The monoisotopic (exact) mass is 1180 g/mol. The van der Waals surface area contributed by atoms with Crippen LogP contribution >= 0.6 is 0 Å². The number of esters is 1. The Balaban J connectivity index is 1.76. The van der Waals surface area contributed by atoms with Gasteiger partial charge in [-0.25, -0.2) is 4.79 Å². The van der Waals surface area contributed by atoms with Crippen LogP contribution in [0.15, 0.2) is 23.3 Å². The molecule has 18 heteroatoms. The molecule has 0 spiro atoms. The molecular formula is C62H115NO14Si3. The molecule has 0 aromatic rings. The van der Waals surface area contributed by atoms with Crippen molar-refractivity contribution >= 4 is 37.3 Å². The highest BCUT2D eigenvalue weighted by Crippen LogP contribution is 2.50. The van der Waals surface area contributed by atoms with Crippen molar-refractivity contribution in [3.05, 3.63) is 23.3 Å². The quantitative estimate of drug-likeness (QED) is 0.101. The SMILES string of the molecule is CC[C@H]1/C=C(\C)C[C@@H](C)C[C@@H](OC)[C@H]2O[C@@](O)(C(O)C(=O)N3[C@@H](OC)CCC[C@H]3C(=O)O[C@H](/C(C)=C/[C@@H]3CC[C@@H](O[Si](C)(C)C(C)(C)C)[C@H](OC)C3)[C@H](C)[C@@H]3C[C@@H]1O[Si](C(C)C)(C(C)C)O[Si](C(C)C)(C(C)C)O3)[C@H](C)C[C@@H]2OC. The lowest BCUT2D eigenvalue weighted by atomic mass is 9.81. The second-order valence-corrected chi connectivity index (χ2v) is 41.6. The van der Waals surface area contributed by atoms with Crippen molar-refractivity contribution < 1.29 is 65.6 Å². The number of nitrogens with zero attached hydrogens (tertiary/aromatic N) is 1. The van der Waals surface area contributed by atoms with Crippen molar-refractivity contribution in [3.63, 3.8) is 0 Å². The van der Waals surface area contributed by atoms with Crippen LogP contribution in [-0.4, -0.2) is 154 Å². The lowest BCUT2D eigenvalue weighted by molar-refractivity contribution is -0.347. The molecule has 1 amide bonds. The Kier molecular flexibility index (Phi) is 24.7. The average molecular weight is 1180 g/mol. The zero-order valence-electron chi connectivity index (χ0n) is 54.2. The third-order valence-electron chi connectivity index (χ3n) is 20.0. The molecule has 15 nitrogen and oxygen atoms in total. The van der Waals surface area contributed by atoms with Crippen LogP contribution in [0.2, 0.25) is 40.3 Å². The fraction of sp³-hybridized carbons (Fsp3) is 0.903. The number of fused-ring (bicyclic) bond motifs is 5.